The zero-order valence-electron chi connectivity index (χ0n) is 58.9. The summed E-state index contributed by atoms with van der Waals surface area (Å²) < 4.78 is 30.8. The highest BCUT2D eigenvalue weighted by Crippen LogP contribution is 2.43. The highest BCUT2D eigenvalue weighted by atomic mass is 31.2. The fraction of sp³-hybridized carbons (Fsp3) is 0.747. The molecule has 0 aliphatic heterocycles. The van der Waals surface area contributed by atoms with E-state index in [-0.39, 0.29) is 31.5 Å². The van der Waals surface area contributed by atoms with E-state index in [1.807, 2.05) is 33.3 Å². The lowest BCUT2D eigenvalue weighted by Crippen LogP contribution is -2.47. The van der Waals surface area contributed by atoms with Crippen LogP contribution in [0.2, 0.25) is 0 Å². The van der Waals surface area contributed by atoms with Crippen molar-refractivity contribution in [3.63, 3.8) is 0 Å². The van der Waals surface area contributed by atoms with Gasteiger partial charge in [-0.25, -0.2) is 4.57 Å². The van der Waals surface area contributed by atoms with E-state index in [0.717, 1.165) is 116 Å². The van der Waals surface area contributed by atoms with Crippen LogP contribution in [0, 0.1) is 0 Å². The number of quaternary nitrogens is 1. The van der Waals surface area contributed by atoms with Crippen molar-refractivity contribution in [2.45, 2.75) is 341 Å². The van der Waals surface area contributed by atoms with Crippen LogP contribution in [0.1, 0.15) is 329 Å². The zero-order valence-corrected chi connectivity index (χ0v) is 59.8. The van der Waals surface area contributed by atoms with Crippen molar-refractivity contribution in [2.24, 2.45) is 0 Å². The Morgan fingerprint density at radius 3 is 1.10 bits per heavy atom. The number of nitrogens with zero attached hydrogens (tertiary/aromatic N) is 1. The molecule has 0 saturated carbocycles. The van der Waals surface area contributed by atoms with Crippen LogP contribution in [0.25, 0.3) is 0 Å². The monoisotopic (exact) mass is 1260 g/mol. The van der Waals surface area contributed by atoms with Gasteiger partial charge in [-0.05, 0) is 115 Å². The van der Waals surface area contributed by atoms with E-state index in [1.165, 1.54) is 180 Å². The first-order valence-electron chi connectivity index (χ1n) is 37.2. The maximum atomic E-state index is 13.6. The maximum absolute atomic E-state index is 13.6. The van der Waals surface area contributed by atoms with Crippen molar-refractivity contribution in [3.05, 3.63) is 109 Å². The number of rotatable bonds is 67. The summed E-state index contributed by atoms with van der Waals surface area (Å²) in [5.74, 6) is -0.509. The molecule has 1 amide bonds. The van der Waals surface area contributed by atoms with Gasteiger partial charge in [-0.15, -0.1) is 0 Å². The van der Waals surface area contributed by atoms with Gasteiger partial charge in [0.25, 0.3) is 0 Å². The minimum Gasteiger partial charge on any atom is -0.456 e. The number of carbonyl (C=O) groups excluding carboxylic acids is 2. The SMILES string of the molecule is CC/C=C\C/C=C\C/C=C\C/C=C\C/C=C\CCCCCCCCCCCC(=O)OC(/C=C/CCCCCCCCCCC)C(COP(=O)(O)OCC[N+](C)(C)C)NC(=O)CCCCCCCCCCCCCCCC/C=C\C/C=C\C/C=C\CCCCC. The van der Waals surface area contributed by atoms with Crippen molar-refractivity contribution in [2.75, 3.05) is 40.9 Å². The third-order valence-electron chi connectivity index (χ3n) is 16.2. The Labute approximate surface area is 551 Å². The van der Waals surface area contributed by atoms with Crippen LogP contribution in [0.4, 0.5) is 0 Å². The summed E-state index contributed by atoms with van der Waals surface area (Å²) >= 11 is 0. The number of ether oxygens (including phenoxy) is 1. The smallest absolute Gasteiger partial charge is 0.456 e. The van der Waals surface area contributed by atoms with Gasteiger partial charge in [0, 0.05) is 12.8 Å². The number of phosphoric acid groups is 1. The summed E-state index contributed by atoms with van der Waals surface area (Å²) in [7, 11) is 1.49. The topological polar surface area (TPSA) is 111 Å². The maximum Gasteiger partial charge on any atom is 0.472 e. The molecule has 9 nitrogen and oxygen atoms in total. The molecule has 3 atom stereocenters. The van der Waals surface area contributed by atoms with Crippen molar-refractivity contribution < 1.29 is 37.3 Å². The highest BCUT2D eigenvalue weighted by Gasteiger charge is 2.30. The second-order valence-electron chi connectivity index (χ2n) is 26.1. The summed E-state index contributed by atoms with van der Waals surface area (Å²) in [6.07, 6.45) is 93.9. The molecule has 514 valence electrons. The molecule has 0 aliphatic rings. The van der Waals surface area contributed by atoms with Gasteiger partial charge >= 0.3 is 13.8 Å². The largest absolute Gasteiger partial charge is 0.472 e. The summed E-state index contributed by atoms with van der Waals surface area (Å²) in [6.45, 7) is 6.89. The van der Waals surface area contributed by atoms with Crippen molar-refractivity contribution in [1.29, 1.82) is 0 Å². The van der Waals surface area contributed by atoms with Gasteiger partial charge in [-0.2, -0.15) is 0 Å². The minimum absolute atomic E-state index is 0.0353. The standard InChI is InChI=1S/C79H141N2O7P/c1-7-10-13-16-19-22-25-27-29-31-33-35-37-39-40-42-43-45-47-49-51-53-56-59-62-65-68-71-78(82)80-76(75-87-89(84,85)86-74-73-81(4,5)6)77(70-67-64-61-58-55-24-21-18-15-12-9-3)88-79(83)72-69-66-63-60-57-54-52-50-48-46-44-41-38-36-34-32-30-28-26-23-20-17-14-11-8-2/h11,14,19-20,22-23,27-30,33-36,41,44,67,70,76-77H,7-10,12-13,15-18,21,24-26,31-32,37-40,42-43,45-66,68-69,71-75H2,1-6H3,(H-,80,82,84,85)/p+1/b14-11-,22-19-,23-20-,29-27-,30-28-,35-33-,36-34-,44-41-,70-67+. The number of esters is 1. The Bertz CT molecular complexity index is 1890. The first-order valence-corrected chi connectivity index (χ1v) is 38.7. The highest BCUT2D eigenvalue weighted by molar-refractivity contribution is 7.47. The van der Waals surface area contributed by atoms with Crippen LogP contribution >= 0.6 is 7.82 Å². The van der Waals surface area contributed by atoms with E-state index in [2.05, 4.69) is 123 Å². The van der Waals surface area contributed by atoms with E-state index < -0.39 is 20.0 Å². The lowest BCUT2D eigenvalue weighted by atomic mass is 10.0. The molecule has 89 heavy (non-hydrogen) atoms. The molecule has 0 rings (SSSR count). The molecular formula is C79H142N2O7P+. The lowest BCUT2D eigenvalue weighted by Gasteiger charge is -2.27. The van der Waals surface area contributed by atoms with E-state index in [1.54, 1.807) is 0 Å². The molecular weight excluding hydrogens is 1120 g/mol. The van der Waals surface area contributed by atoms with E-state index in [4.69, 9.17) is 13.8 Å². The molecule has 0 radical (unpaired) electrons. The van der Waals surface area contributed by atoms with Crippen LogP contribution in [-0.2, 0) is 27.9 Å². The molecule has 2 N–H and O–H groups in total. The van der Waals surface area contributed by atoms with Gasteiger partial charge in [-0.3, -0.25) is 18.6 Å². The normalized spacial score (nSPS) is 14.1. The van der Waals surface area contributed by atoms with Crippen LogP contribution in [0.3, 0.4) is 0 Å². The Morgan fingerprint density at radius 1 is 0.404 bits per heavy atom. The molecule has 0 saturated heterocycles. The van der Waals surface area contributed by atoms with Gasteiger partial charge in [0.05, 0.1) is 33.8 Å². The molecule has 0 spiro atoms. The fourth-order valence-corrected chi connectivity index (χ4v) is 11.2. The zero-order chi connectivity index (χ0) is 64.9. The third kappa shape index (κ3) is 68.9. The molecule has 0 aromatic carbocycles. The Kier molecular flexibility index (Phi) is 65.0. The Balaban J connectivity index is 4.97. The fourth-order valence-electron chi connectivity index (χ4n) is 10.5. The molecule has 10 heteroatoms. The number of allylic oxidation sites excluding steroid dienone is 17. The number of likely N-dealkylation sites (N-methyl/N-ethyl adjacent to an activating group) is 1. The Hall–Kier alpha value is -3.33. The molecule has 0 bridgehead atoms. The first-order chi connectivity index (χ1) is 43.4. The van der Waals surface area contributed by atoms with Crippen molar-refractivity contribution >= 4 is 19.7 Å². The van der Waals surface area contributed by atoms with E-state index >= 15 is 0 Å². The molecule has 3 unspecified atom stereocenters. The average molecular weight is 1260 g/mol. The summed E-state index contributed by atoms with van der Waals surface area (Å²) in [6, 6.07) is -0.858. The summed E-state index contributed by atoms with van der Waals surface area (Å²) in [5, 5.41) is 3.07. The predicted molar refractivity (Wildman–Crippen MR) is 387 cm³/mol. The summed E-state index contributed by atoms with van der Waals surface area (Å²) in [5.41, 5.74) is 0. The second kappa shape index (κ2) is 67.6. The molecule has 0 aliphatic carbocycles. The molecule has 0 aromatic rings. The number of unbranched alkanes of at least 4 members (excludes halogenated alkanes) is 35. The van der Waals surface area contributed by atoms with E-state index in [9.17, 15) is 19.0 Å². The van der Waals surface area contributed by atoms with Crippen LogP contribution in [0.15, 0.2) is 109 Å². The number of hydrogen-bond acceptors (Lipinski definition) is 6. The first kappa shape index (κ1) is 85.7. The van der Waals surface area contributed by atoms with Gasteiger partial charge < -0.3 is 19.4 Å². The molecule has 0 heterocycles. The van der Waals surface area contributed by atoms with E-state index in [0.29, 0.717) is 17.4 Å². The second-order valence-corrected chi connectivity index (χ2v) is 27.5. The van der Waals surface area contributed by atoms with Crippen molar-refractivity contribution in [1.82, 2.24) is 5.32 Å². The Morgan fingerprint density at radius 2 is 0.719 bits per heavy atom. The van der Waals surface area contributed by atoms with Crippen LogP contribution in [0.5, 0.6) is 0 Å². The molecule has 0 aromatic heterocycles. The number of nitrogens with one attached hydrogen (secondary N) is 1. The lowest BCUT2D eigenvalue weighted by molar-refractivity contribution is -0.870. The van der Waals surface area contributed by atoms with Gasteiger partial charge in [0.2, 0.25) is 5.91 Å². The minimum atomic E-state index is -4.46. The quantitative estimate of drug-likeness (QED) is 0.0205. The number of amides is 1. The summed E-state index contributed by atoms with van der Waals surface area (Å²) in [4.78, 5) is 37.9. The van der Waals surface area contributed by atoms with Crippen LogP contribution < -0.4 is 5.32 Å². The van der Waals surface area contributed by atoms with Crippen LogP contribution in [-0.4, -0.2) is 74.3 Å². The van der Waals surface area contributed by atoms with Gasteiger partial charge in [0.15, 0.2) is 0 Å². The van der Waals surface area contributed by atoms with Gasteiger partial charge in [0.1, 0.15) is 19.3 Å². The average Bonchev–Trinajstić information content (AvgIpc) is 3.64. The molecule has 0 fully saturated rings. The number of phosphoric ester groups is 1. The predicted octanol–water partition coefficient (Wildman–Crippen LogP) is 24.0. The van der Waals surface area contributed by atoms with Gasteiger partial charge in [-0.1, -0.05) is 310 Å². The third-order valence-corrected chi connectivity index (χ3v) is 17.2. The van der Waals surface area contributed by atoms with Crippen molar-refractivity contribution in [3.8, 4) is 0 Å². The number of hydrogen-bond donors (Lipinski definition) is 2. The number of carbonyl (C=O) groups is 2.